The van der Waals surface area contributed by atoms with Gasteiger partial charge in [0, 0.05) is 5.56 Å². The summed E-state index contributed by atoms with van der Waals surface area (Å²) >= 11 is 0. The zero-order valence-corrected chi connectivity index (χ0v) is 23.7. The van der Waals surface area contributed by atoms with Crippen LogP contribution in [0.4, 0.5) is 0 Å². The van der Waals surface area contributed by atoms with E-state index in [2.05, 4.69) is 38.6 Å². The molecule has 0 radical (unpaired) electrons. The molecule has 2 aromatic rings. The van der Waals surface area contributed by atoms with Crippen LogP contribution in [0.1, 0.15) is 46.0 Å². The number of carbonyl (C=O) groups excluding carboxylic acids is 2. The lowest BCUT2D eigenvalue weighted by atomic mass is 9.61. The van der Waals surface area contributed by atoms with Crippen molar-refractivity contribution in [3.8, 4) is 16.3 Å². The molecule has 0 N–H and O–H groups in total. The lowest BCUT2D eigenvalue weighted by Crippen LogP contribution is -2.34. The standard InChI is InChI=1S/C29H35NO6S2/c1-6-29(5)14-13-22(17-24(29)19(2)3)20(4)18-36-26(32)12-11-25(31)35-16-15-34-23-9-7-21(8-10-23)27-30-28(33)38-37-27/h6-10,22,24H,1-2,4,11-18H2,3,5H3/t22-,24+,29-/m1/s1. The molecule has 7 nitrogen and oxygen atoms in total. The highest BCUT2D eigenvalue weighted by atomic mass is 32.9. The first-order valence-electron chi connectivity index (χ1n) is 12.6. The van der Waals surface area contributed by atoms with Crippen LogP contribution < -0.4 is 9.61 Å². The third-order valence-electron chi connectivity index (χ3n) is 7.04. The fourth-order valence-corrected chi connectivity index (χ4v) is 6.32. The zero-order valence-electron chi connectivity index (χ0n) is 22.0. The molecule has 0 spiro atoms. The molecule has 1 aliphatic carbocycles. The van der Waals surface area contributed by atoms with Gasteiger partial charge in [0.1, 0.15) is 30.6 Å². The molecule has 38 heavy (non-hydrogen) atoms. The summed E-state index contributed by atoms with van der Waals surface area (Å²) in [5.41, 5.74) is 2.90. The van der Waals surface area contributed by atoms with Crippen molar-refractivity contribution in [1.82, 2.24) is 4.98 Å². The second-order valence-electron chi connectivity index (χ2n) is 9.84. The SMILES string of the molecule is C=C[C@]1(C)CC[C@@H](C(=C)COC(=O)CCC(=O)OCCOc2ccc(-c3nc(=O)ss3)cc2)C[C@H]1C(=C)C. The minimum Gasteiger partial charge on any atom is -0.490 e. The lowest BCUT2D eigenvalue weighted by Gasteiger charge is -2.43. The highest BCUT2D eigenvalue weighted by molar-refractivity contribution is 7.69. The molecule has 1 saturated carbocycles. The maximum atomic E-state index is 12.2. The summed E-state index contributed by atoms with van der Waals surface area (Å²) in [5, 5.41) is 0.671. The Hall–Kier alpha value is -3.04. The van der Waals surface area contributed by atoms with Crippen LogP contribution in [0.15, 0.2) is 66.0 Å². The Labute approximate surface area is 231 Å². The number of hydrogen-bond acceptors (Lipinski definition) is 9. The van der Waals surface area contributed by atoms with Crippen LogP contribution in [-0.4, -0.2) is 36.7 Å². The summed E-state index contributed by atoms with van der Waals surface area (Å²) in [6.45, 7) is 17.0. The normalized spacial score (nSPS) is 20.8. The molecule has 1 aromatic heterocycles. The number of ether oxygens (including phenoxy) is 3. The number of aromatic nitrogens is 1. The van der Waals surface area contributed by atoms with Gasteiger partial charge in [-0.1, -0.05) is 42.1 Å². The molecular weight excluding hydrogens is 522 g/mol. The molecule has 1 fully saturated rings. The van der Waals surface area contributed by atoms with Crippen molar-refractivity contribution in [2.75, 3.05) is 19.8 Å². The van der Waals surface area contributed by atoms with Crippen molar-refractivity contribution in [3.63, 3.8) is 0 Å². The van der Waals surface area contributed by atoms with Gasteiger partial charge in [-0.05, 0) is 83.6 Å². The van der Waals surface area contributed by atoms with Crippen molar-refractivity contribution < 1.29 is 23.8 Å². The van der Waals surface area contributed by atoms with Crippen LogP contribution in [0.5, 0.6) is 5.75 Å². The largest absolute Gasteiger partial charge is 0.490 e. The number of hydrogen-bond donors (Lipinski definition) is 0. The molecule has 3 atom stereocenters. The number of rotatable bonds is 13. The summed E-state index contributed by atoms with van der Waals surface area (Å²) in [6, 6.07) is 7.17. The summed E-state index contributed by atoms with van der Waals surface area (Å²) in [6.07, 6.45) is 4.80. The van der Waals surface area contributed by atoms with E-state index < -0.39 is 11.9 Å². The number of benzene rings is 1. The Morgan fingerprint density at radius 3 is 2.39 bits per heavy atom. The van der Waals surface area contributed by atoms with Gasteiger partial charge in [-0.2, -0.15) is 4.98 Å². The summed E-state index contributed by atoms with van der Waals surface area (Å²) in [7, 11) is 2.43. The van der Waals surface area contributed by atoms with Gasteiger partial charge in [-0.15, -0.1) is 6.58 Å². The molecule has 0 aliphatic heterocycles. The van der Waals surface area contributed by atoms with Crippen molar-refractivity contribution in [1.29, 1.82) is 0 Å². The molecule has 3 rings (SSSR count). The molecule has 0 amide bonds. The van der Waals surface area contributed by atoms with Gasteiger partial charge in [0.15, 0.2) is 0 Å². The van der Waals surface area contributed by atoms with Crippen LogP contribution in [0.2, 0.25) is 0 Å². The van der Waals surface area contributed by atoms with E-state index in [4.69, 9.17) is 14.2 Å². The second-order valence-corrected chi connectivity index (χ2v) is 11.9. The number of esters is 2. The maximum absolute atomic E-state index is 12.2. The predicted octanol–water partition coefficient (Wildman–Crippen LogP) is 6.22. The molecule has 9 heteroatoms. The Balaban J connectivity index is 1.30. The fraction of sp³-hybridized carbons (Fsp3) is 0.448. The van der Waals surface area contributed by atoms with Crippen LogP contribution in [-0.2, 0) is 19.1 Å². The molecule has 0 unspecified atom stereocenters. The lowest BCUT2D eigenvalue weighted by molar-refractivity contribution is -0.150. The van der Waals surface area contributed by atoms with Crippen LogP contribution in [0.3, 0.4) is 0 Å². The van der Waals surface area contributed by atoms with Gasteiger partial charge >= 0.3 is 16.8 Å². The number of nitrogens with zero attached hydrogens (tertiary/aromatic N) is 1. The van der Waals surface area contributed by atoms with E-state index >= 15 is 0 Å². The van der Waals surface area contributed by atoms with Gasteiger partial charge in [-0.25, -0.2) is 0 Å². The molecule has 1 aromatic carbocycles. The third kappa shape index (κ3) is 8.23. The van der Waals surface area contributed by atoms with Gasteiger partial charge in [-0.3, -0.25) is 14.4 Å². The molecular formula is C29H35NO6S2. The molecule has 1 aliphatic rings. The highest BCUT2D eigenvalue weighted by Crippen LogP contribution is 2.48. The summed E-state index contributed by atoms with van der Waals surface area (Å²) in [4.78, 5) is 39.1. The smallest absolute Gasteiger partial charge is 0.337 e. The van der Waals surface area contributed by atoms with E-state index in [0.29, 0.717) is 16.7 Å². The van der Waals surface area contributed by atoms with E-state index in [1.807, 2.05) is 18.2 Å². The first-order chi connectivity index (χ1) is 18.1. The van der Waals surface area contributed by atoms with Gasteiger partial charge in [0.25, 0.3) is 0 Å². The summed E-state index contributed by atoms with van der Waals surface area (Å²) in [5.74, 6) is 0.253. The van der Waals surface area contributed by atoms with Crippen molar-refractivity contribution in [2.24, 2.45) is 17.3 Å². The maximum Gasteiger partial charge on any atom is 0.337 e. The van der Waals surface area contributed by atoms with E-state index in [1.165, 1.54) is 10.3 Å². The van der Waals surface area contributed by atoms with E-state index in [1.54, 1.807) is 12.1 Å². The summed E-state index contributed by atoms with van der Waals surface area (Å²) < 4.78 is 16.1. The first kappa shape index (κ1) is 29.5. The minimum absolute atomic E-state index is 0.0291. The number of carbonyl (C=O) groups is 2. The van der Waals surface area contributed by atoms with Crippen LogP contribution in [0.25, 0.3) is 10.6 Å². The Bertz CT molecular complexity index is 1210. The quantitative estimate of drug-likeness (QED) is 0.125. The monoisotopic (exact) mass is 557 g/mol. The van der Waals surface area contributed by atoms with E-state index in [0.717, 1.165) is 46.3 Å². The number of allylic oxidation sites excluding steroid dienone is 2. The molecule has 0 bridgehead atoms. The van der Waals surface area contributed by atoms with E-state index in [-0.39, 0.29) is 48.9 Å². The van der Waals surface area contributed by atoms with Crippen LogP contribution in [0, 0.1) is 17.3 Å². The van der Waals surface area contributed by atoms with Gasteiger partial charge in [0.05, 0.1) is 12.8 Å². The van der Waals surface area contributed by atoms with E-state index in [9.17, 15) is 14.4 Å². The van der Waals surface area contributed by atoms with Gasteiger partial charge in [0.2, 0.25) is 0 Å². The first-order valence-corrected chi connectivity index (χ1v) is 14.7. The fourth-order valence-electron chi connectivity index (χ4n) is 4.67. The highest BCUT2D eigenvalue weighted by Gasteiger charge is 2.38. The zero-order chi connectivity index (χ0) is 27.7. The van der Waals surface area contributed by atoms with Crippen molar-refractivity contribution in [2.45, 2.75) is 46.0 Å². The van der Waals surface area contributed by atoms with Crippen LogP contribution >= 0.6 is 20.7 Å². The Kier molecular flexibility index (Phi) is 10.6. The Morgan fingerprint density at radius 2 is 1.79 bits per heavy atom. The predicted molar refractivity (Wildman–Crippen MR) is 151 cm³/mol. The molecule has 0 saturated heterocycles. The van der Waals surface area contributed by atoms with Gasteiger partial charge < -0.3 is 14.2 Å². The van der Waals surface area contributed by atoms with Crippen molar-refractivity contribution >= 4 is 32.6 Å². The minimum atomic E-state index is -0.488. The Morgan fingerprint density at radius 1 is 1.11 bits per heavy atom. The molecule has 204 valence electrons. The topological polar surface area (TPSA) is 91.8 Å². The second kappa shape index (κ2) is 13.7. The average Bonchev–Trinajstić information content (AvgIpc) is 3.35. The van der Waals surface area contributed by atoms with Crippen molar-refractivity contribution in [3.05, 3.63) is 70.9 Å². The third-order valence-corrected chi connectivity index (χ3v) is 8.99. The average molecular weight is 558 g/mol. The molecule has 1 heterocycles.